The maximum Gasteiger partial charge on any atom is 0.295 e. The summed E-state index contributed by atoms with van der Waals surface area (Å²) in [6, 6.07) is 3.71. The van der Waals surface area contributed by atoms with Gasteiger partial charge in [-0.15, -0.1) is 0 Å². The fraction of sp³-hybridized carbons (Fsp3) is 0.538. The third-order valence-electron chi connectivity index (χ3n) is 2.87. The standard InChI is InChI=1S/C13H20O3S/c1-8(2)11-6-10(5)13(17(14,15)16)12(7-11)9(3)4/h6-9H,1-5H3,(H,14,15,16). The van der Waals surface area contributed by atoms with Crippen molar-refractivity contribution < 1.29 is 13.0 Å². The lowest BCUT2D eigenvalue weighted by atomic mass is 9.93. The van der Waals surface area contributed by atoms with Gasteiger partial charge in [0.2, 0.25) is 0 Å². The summed E-state index contributed by atoms with van der Waals surface area (Å²) in [5.74, 6) is 0.394. The SMILES string of the molecule is Cc1cc(C(C)C)cc(C(C)C)c1S(=O)(=O)O. The van der Waals surface area contributed by atoms with Crippen LogP contribution in [0.2, 0.25) is 0 Å². The smallest absolute Gasteiger partial charge is 0.282 e. The van der Waals surface area contributed by atoms with Crippen LogP contribution in [0.5, 0.6) is 0 Å². The van der Waals surface area contributed by atoms with E-state index in [1.54, 1.807) is 6.92 Å². The van der Waals surface area contributed by atoms with Crippen molar-refractivity contribution in [3.05, 3.63) is 28.8 Å². The summed E-state index contributed by atoms with van der Waals surface area (Å²) in [5.41, 5.74) is 2.40. The van der Waals surface area contributed by atoms with Crippen molar-refractivity contribution in [2.45, 2.75) is 51.3 Å². The lowest BCUT2D eigenvalue weighted by Crippen LogP contribution is -2.08. The van der Waals surface area contributed by atoms with Gasteiger partial charge < -0.3 is 0 Å². The molecule has 0 aromatic heterocycles. The number of aryl methyl sites for hydroxylation is 1. The molecule has 0 spiro atoms. The molecule has 0 bridgehead atoms. The Bertz CT molecular complexity index is 514. The Kier molecular flexibility index (Phi) is 3.99. The van der Waals surface area contributed by atoms with E-state index in [0.717, 1.165) is 5.56 Å². The summed E-state index contributed by atoms with van der Waals surface area (Å²) < 4.78 is 32.1. The molecule has 0 saturated heterocycles. The Morgan fingerprint density at radius 1 is 1.06 bits per heavy atom. The Morgan fingerprint density at radius 3 is 1.94 bits per heavy atom. The quantitative estimate of drug-likeness (QED) is 0.842. The second-order valence-electron chi connectivity index (χ2n) is 5.04. The first-order valence-corrected chi connectivity index (χ1v) is 7.20. The van der Waals surface area contributed by atoms with Crippen LogP contribution in [0.4, 0.5) is 0 Å². The van der Waals surface area contributed by atoms with Crippen molar-refractivity contribution in [2.24, 2.45) is 0 Å². The van der Waals surface area contributed by atoms with Crippen LogP contribution in [-0.4, -0.2) is 13.0 Å². The zero-order valence-electron chi connectivity index (χ0n) is 11.0. The molecule has 1 aromatic carbocycles. The summed E-state index contributed by atoms with van der Waals surface area (Å²) in [4.78, 5) is 0.0666. The molecule has 0 unspecified atom stereocenters. The van der Waals surface area contributed by atoms with Crippen LogP contribution in [-0.2, 0) is 10.1 Å². The molecular weight excluding hydrogens is 236 g/mol. The van der Waals surface area contributed by atoms with Gasteiger partial charge in [-0.2, -0.15) is 8.42 Å². The van der Waals surface area contributed by atoms with Crippen LogP contribution >= 0.6 is 0 Å². The van der Waals surface area contributed by atoms with E-state index in [4.69, 9.17) is 0 Å². The number of benzene rings is 1. The van der Waals surface area contributed by atoms with Crippen molar-refractivity contribution in [1.82, 2.24) is 0 Å². The van der Waals surface area contributed by atoms with Gasteiger partial charge >= 0.3 is 0 Å². The second-order valence-corrected chi connectivity index (χ2v) is 6.40. The first-order chi connectivity index (χ1) is 7.64. The molecule has 0 aliphatic carbocycles. The lowest BCUT2D eigenvalue weighted by Gasteiger charge is -2.17. The molecular formula is C13H20O3S. The number of hydrogen-bond acceptors (Lipinski definition) is 2. The summed E-state index contributed by atoms with van der Waals surface area (Å²) in [7, 11) is -4.15. The molecule has 3 nitrogen and oxygen atoms in total. The van der Waals surface area contributed by atoms with E-state index in [1.807, 2.05) is 26.0 Å². The summed E-state index contributed by atoms with van der Waals surface area (Å²) in [5, 5.41) is 0. The Morgan fingerprint density at radius 2 is 1.59 bits per heavy atom. The topological polar surface area (TPSA) is 54.4 Å². The minimum Gasteiger partial charge on any atom is -0.282 e. The summed E-state index contributed by atoms with van der Waals surface area (Å²) in [6.45, 7) is 9.69. The highest BCUT2D eigenvalue weighted by atomic mass is 32.2. The molecule has 1 rings (SSSR count). The molecule has 0 amide bonds. The van der Waals surface area contributed by atoms with Crippen LogP contribution in [0, 0.1) is 6.92 Å². The van der Waals surface area contributed by atoms with E-state index in [1.165, 1.54) is 0 Å². The molecule has 0 aliphatic rings. The molecule has 0 saturated carbocycles. The zero-order valence-corrected chi connectivity index (χ0v) is 11.8. The minimum atomic E-state index is -4.15. The Balaban J connectivity index is 3.62. The zero-order chi connectivity index (χ0) is 13.4. The van der Waals surface area contributed by atoms with Crippen molar-refractivity contribution in [1.29, 1.82) is 0 Å². The minimum absolute atomic E-state index is 0.0596. The first-order valence-electron chi connectivity index (χ1n) is 5.76. The molecule has 1 N–H and O–H groups in total. The van der Waals surface area contributed by atoms with Gasteiger partial charge in [-0.3, -0.25) is 4.55 Å². The van der Waals surface area contributed by atoms with E-state index in [9.17, 15) is 13.0 Å². The second kappa shape index (κ2) is 4.78. The third kappa shape index (κ3) is 3.07. The summed E-state index contributed by atoms with van der Waals surface area (Å²) >= 11 is 0. The highest BCUT2D eigenvalue weighted by molar-refractivity contribution is 7.86. The first kappa shape index (κ1) is 14.2. The molecule has 96 valence electrons. The van der Waals surface area contributed by atoms with Crippen LogP contribution in [0.1, 0.15) is 56.2 Å². The predicted molar refractivity (Wildman–Crippen MR) is 69.2 cm³/mol. The van der Waals surface area contributed by atoms with Crippen LogP contribution in [0.3, 0.4) is 0 Å². The van der Waals surface area contributed by atoms with Gasteiger partial charge in [0.1, 0.15) is 4.90 Å². The van der Waals surface area contributed by atoms with Crippen LogP contribution in [0.15, 0.2) is 17.0 Å². The van der Waals surface area contributed by atoms with E-state index < -0.39 is 10.1 Å². The number of rotatable bonds is 3. The Labute approximate surface area is 104 Å². The molecule has 17 heavy (non-hydrogen) atoms. The van der Waals surface area contributed by atoms with Gasteiger partial charge in [0.05, 0.1) is 0 Å². The van der Waals surface area contributed by atoms with E-state index in [2.05, 4.69) is 13.8 Å². The molecule has 0 heterocycles. The average Bonchev–Trinajstić information content (AvgIpc) is 2.13. The van der Waals surface area contributed by atoms with E-state index in [0.29, 0.717) is 17.0 Å². The fourth-order valence-corrected chi connectivity index (χ4v) is 3.00. The van der Waals surface area contributed by atoms with Crippen molar-refractivity contribution >= 4 is 10.1 Å². The third-order valence-corrected chi connectivity index (χ3v) is 3.95. The van der Waals surface area contributed by atoms with Crippen LogP contribution in [0.25, 0.3) is 0 Å². The van der Waals surface area contributed by atoms with Gasteiger partial charge in [0, 0.05) is 0 Å². The highest BCUT2D eigenvalue weighted by Gasteiger charge is 2.21. The monoisotopic (exact) mass is 256 g/mol. The van der Waals surface area contributed by atoms with Gasteiger partial charge in [0.15, 0.2) is 0 Å². The predicted octanol–water partition coefficient (Wildman–Crippen LogP) is 3.49. The van der Waals surface area contributed by atoms with Gasteiger partial charge in [-0.25, -0.2) is 0 Å². The largest absolute Gasteiger partial charge is 0.295 e. The summed E-state index contributed by atoms with van der Waals surface area (Å²) in [6.07, 6.45) is 0. The van der Waals surface area contributed by atoms with Crippen molar-refractivity contribution in [3.8, 4) is 0 Å². The van der Waals surface area contributed by atoms with Gasteiger partial charge in [0.25, 0.3) is 10.1 Å². The molecule has 0 radical (unpaired) electrons. The van der Waals surface area contributed by atoms with E-state index >= 15 is 0 Å². The molecule has 0 atom stereocenters. The lowest BCUT2D eigenvalue weighted by molar-refractivity contribution is 0.480. The van der Waals surface area contributed by atoms with Crippen LogP contribution < -0.4 is 0 Å². The van der Waals surface area contributed by atoms with Crippen molar-refractivity contribution in [3.63, 3.8) is 0 Å². The van der Waals surface area contributed by atoms with Gasteiger partial charge in [-0.05, 0) is 35.4 Å². The molecule has 4 heteroatoms. The highest BCUT2D eigenvalue weighted by Crippen LogP contribution is 2.30. The fourth-order valence-electron chi connectivity index (χ4n) is 1.94. The molecule has 0 aliphatic heterocycles. The molecule has 1 aromatic rings. The van der Waals surface area contributed by atoms with Gasteiger partial charge in [-0.1, -0.05) is 39.8 Å². The average molecular weight is 256 g/mol. The molecule has 0 fully saturated rings. The van der Waals surface area contributed by atoms with E-state index in [-0.39, 0.29) is 10.8 Å². The maximum absolute atomic E-state index is 11.4. The Hall–Kier alpha value is -0.870. The normalized spacial score (nSPS) is 12.5. The van der Waals surface area contributed by atoms with Crippen molar-refractivity contribution in [2.75, 3.05) is 0 Å². The maximum atomic E-state index is 11.4. The number of hydrogen-bond donors (Lipinski definition) is 1.